The Morgan fingerprint density at radius 3 is 3.00 bits per heavy atom. The van der Waals surface area contributed by atoms with E-state index in [9.17, 15) is 4.79 Å². The molecule has 1 heterocycles. The second-order valence-corrected chi connectivity index (χ2v) is 5.74. The number of amides is 1. The molecule has 1 atom stereocenters. The van der Waals surface area contributed by atoms with Crippen molar-refractivity contribution in [2.24, 2.45) is 0 Å². The van der Waals surface area contributed by atoms with Gasteiger partial charge in [-0.25, -0.2) is 0 Å². The van der Waals surface area contributed by atoms with Crippen LogP contribution in [0.15, 0.2) is 24.3 Å². The first-order valence-electron chi connectivity index (χ1n) is 6.31. The zero-order valence-corrected chi connectivity index (χ0v) is 11.7. The maximum atomic E-state index is 11.9. The molecule has 0 aliphatic carbocycles. The number of hydrogen-bond acceptors (Lipinski definition) is 4. The van der Waals surface area contributed by atoms with E-state index in [0.717, 1.165) is 16.5 Å². The van der Waals surface area contributed by atoms with Crippen LogP contribution in [-0.2, 0) is 0 Å². The minimum atomic E-state index is -0.316. The van der Waals surface area contributed by atoms with E-state index >= 15 is 0 Å². The second-order valence-electron chi connectivity index (χ2n) is 4.66. The van der Waals surface area contributed by atoms with Crippen LogP contribution in [0.1, 0.15) is 29.4 Å². The smallest absolute Gasteiger partial charge is 0.261 e. The average Bonchev–Trinajstić information content (AvgIpc) is 2.77. The topological polar surface area (TPSA) is 75.3 Å². The van der Waals surface area contributed by atoms with E-state index in [4.69, 9.17) is 10.8 Å². The predicted molar refractivity (Wildman–Crippen MR) is 79.5 cm³/mol. The maximum absolute atomic E-state index is 11.9. The molecule has 1 aromatic heterocycles. The summed E-state index contributed by atoms with van der Waals surface area (Å²) in [5.41, 5.74) is 6.42. The van der Waals surface area contributed by atoms with Crippen LogP contribution < -0.4 is 11.1 Å². The molecule has 102 valence electrons. The number of rotatable bonds is 5. The third-order valence-corrected chi connectivity index (χ3v) is 3.96. The van der Waals surface area contributed by atoms with E-state index in [0.29, 0.717) is 23.5 Å². The maximum Gasteiger partial charge on any atom is 0.261 e. The molecule has 1 unspecified atom stereocenters. The molecule has 2 aromatic rings. The van der Waals surface area contributed by atoms with Gasteiger partial charge in [-0.05, 0) is 49.4 Å². The highest BCUT2D eigenvalue weighted by Crippen LogP contribution is 2.27. The van der Waals surface area contributed by atoms with Gasteiger partial charge < -0.3 is 16.2 Å². The van der Waals surface area contributed by atoms with Crippen LogP contribution >= 0.6 is 11.3 Å². The Balaban J connectivity index is 1.97. The van der Waals surface area contributed by atoms with E-state index in [-0.39, 0.29) is 12.0 Å². The predicted octanol–water partition coefficient (Wildman–Crippen LogP) is 2.37. The molecule has 2 rings (SSSR count). The van der Waals surface area contributed by atoms with E-state index < -0.39 is 0 Å². The zero-order valence-electron chi connectivity index (χ0n) is 10.8. The Labute approximate surface area is 116 Å². The van der Waals surface area contributed by atoms with Gasteiger partial charge in [0.05, 0.1) is 11.0 Å². The van der Waals surface area contributed by atoms with E-state index in [1.165, 1.54) is 11.3 Å². The van der Waals surface area contributed by atoms with Crippen LogP contribution in [0.5, 0.6) is 0 Å². The number of nitrogens with one attached hydrogen (secondary N) is 1. The molecular formula is C14H18N2O2S. The number of carbonyl (C=O) groups is 1. The molecule has 5 heteroatoms. The molecule has 19 heavy (non-hydrogen) atoms. The van der Waals surface area contributed by atoms with Gasteiger partial charge in [0.2, 0.25) is 0 Å². The van der Waals surface area contributed by atoms with Crippen molar-refractivity contribution in [1.82, 2.24) is 5.32 Å². The largest absolute Gasteiger partial charge is 0.399 e. The lowest BCUT2D eigenvalue weighted by Gasteiger charge is -2.04. The number of fused-ring (bicyclic) bond motifs is 1. The number of thiophene rings is 1. The fourth-order valence-electron chi connectivity index (χ4n) is 1.86. The van der Waals surface area contributed by atoms with Crippen molar-refractivity contribution in [3.05, 3.63) is 29.1 Å². The van der Waals surface area contributed by atoms with Gasteiger partial charge in [-0.2, -0.15) is 0 Å². The molecule has 4 N–H and O–H groups in total. The van der Waals surface area contributed by atoms with Crippen LogP contribution in [-0.4, -0.2) is 23.7 Å². The average molecular weight is 278 g/mol. The van der Waals surface area contributed by atoms with Crippen molar-refractivity contribution in [2.45, 2.75) is 25.9 Å². The zero-order chi connectivity index (χ0) is 13.8. The highest BCUT2D eigenvalue weighted by atomic mass is 32.1. The minimum Gasteiger partial charge on any atom is -0.399 e. The van der Waals surface area contributed by atoms with Crippen molar-refractivity contribution in [3.8, 4) is 0 Å². The molecular weight excluding hydrogens is 260 g/mol. The van der Waals surface area contributed by atoms with Crippen LogP contribution in [0.3, 0.4) is 0 Å². The molecule has 1 amide bonds. The summed E-state index contributed by atoms with van der Waals surface area (Å²) in [7, 11) is 0. The second kappa shape index (κ2) is 6.04. The van der Waals surface area contributed by atoms with Crippen molar-refractivity contribution >= 4 is 33.0 Å². The van der Waals surface area contributed by atoms with Gasteiger partial charge in [0.25, 0.3) is 5.91 Å². The summed E-state index contributed by atoms with van der Waals surface area (Å²) in [5.74, 6) is -0.0645. The Hall–Kier alpha value is -1.59. The summed E-state index contributed by atoms with van der Waals surface area (Å²) in [6.07, 6.45) is 1.16. The van der Waals surface area contributed by atoms with Crippen molar-refractivity contribution in [1.29, 1.82) is 0 Å². The van der Waals surface area contributed by atoms with Crippen LogP contribution in [0.25, 0.3) is 10.1 Å². The van der Waals surface area contributed by atoms with Crippen molar-refractivity contribution < 1.29 is 9.90 Å². The summed E-state index contributed by atoms with van der Waals surface area (Å²) in [6.45, 7) is 2.33. The number of hydrogen-bond donors (Lipinski definition) is 3. The van der Waals surface area contributed by atoms with Gasteiger partial charge in [0.15, 0.2) is 0 Å². The molecule has 0 saturated heterocycles. The Morgan fingerprint density at radius 1 is 1.47 bits per heavy atom. The molecule has 0 bridgehead atoms. The number of benzene rings is 1. The van der Waals surface area contributed by atoms with Gasteiger partial charge in [-0.1, -0.05) is 0 Å². The Bertz CT molecular complexity index is 578. The number of carbonyl (C=O) groups excluding carboxylic acids is 1. The van der Waals surface area contributed by atoms with Crippen LogP contribution in [0.2, 0.25) is 0 Å². The summed E-state index contributed by atoms with van der Waals surface area (Å²) in [4.78, 5) is 12.6. The number of nitrogen functional groups attached to an aromatic ring is 1. The van der Waals surface area contributed by atoms with Gasteiger partial charge in [0, 0.05) is 16.9 Å². The quantitative estimate of drug-likeness (QED) is 0.580. The number of nitrogens with two attached hydrogens (primary N) is 1. The standard InChI is InChI=1S/C14H18N2O2S/c1-9(17)3-2-6-16-14(18)13-8-10-7-11(15)4-5-12(10)19-13/h4-5,7-9,17H,2-3,6,15H2,1H3,(H,16,18). The molecule has 0 fully saturated rings. The molecule has 4 nitrogen and oxygen atoms in total. The lowest BCUT2D eigenvalue weighted by molar-refractivity contribution is 0.0954. The van der Waals surface area contributed by atoms with Crippen LogP contribution in [0, 0.1) is 0 Å². The molecule has 1 aromatic carbocycles. The highest BCUT2D eigenvalue weighted by molar-refractivity contribution is 7.20. The molecule has 0 aliphatic rings. The summed E-state index contributed by atoms with van der Waals surface area (Å²) in [5, 5.41) is 13.0. The first kappa shape index (κ1) is 13.8. The SMILES string of the molecule is CC(O)CCCNC(=O)c1cc2cc(N)ccc2s1. The van der Waals surface area contributed by atoms with Crippen molar-refractivity contribution in [3.63, 3.8) is 0 Å². The van der Waals surface area contributed by atoms with Gasteiger partial charge in [0.1, 0.15) is 0 Å². The van der Waals surface area contributed by atoms with E-state index in [1.54, 1.807) is 6.92 Å². The Morgan fingerprint density at radius 2 is 2.26 bits per heavy atom. The molecule has 0 spiro atoms. The van der Waals surface area contributed by atoms with E-state index in [2.05, 4.69) is 5.32 Å². The molecule has 0 radical (unpaired) electrons. The number of aliphatic hydroxyl groups is 1. The molecule has 0 aliphatic heterocycles. The van der Waals surface area contributed by atoms with Crippen molar-refractivity contribution in [2.75, 3.05) is 12.3 Å². The lowest BCUT2D eigenvalue weighted by Crippen LogP contribution is -2.24. The number of anilines is 1. The monoisotopic (exact) mass is 278 g/mol. The van der Waals surface area contributed by atoms with Crippen LogP contribution in [0.4, 0.5) is 5.69 Å². The normalized spacial score (nSPS) is 12.5. The van der Waals surface area contributed by atoms with Gasteiger partial charge >= 0.3 is 0 Å². The first-order valence-corrected chi connectivity index (χ1v) is 7.13. The number of aliphatic hydroxyl groups excluding tert-OH is 1. The third kappa shape index (κ3) is 3.68. The highest BCUT2D eigenvalue weighted by Gasteiger charge is 2.09. The minimum absolute atomic E-state index is 0.0645. The molecule has 0 saturated carbocycles. The lowest BCUT2D eigenvalue weighted by atomic mass is 10.2. The Kier molecular flexibility index (Phi) is 4.39. The summed E-state index contributed by atoms with van der Waals surface area (Å²) >= 11 is 1.46. The third-order valence-electron chi connectivity index (χ3n) is 2.85. The first-order chi connectivity index (χ1) is 9.06. The summed E-state index contributed by atoms with van der Waals surface area (Å²) < 4.78 is 1.06. The van der Waals surface area contributed by atoms with Gasteiger partial charge in [-0.15, -0.1) is 11.3 Å². The fraction of sp³-hybridized carbons (Fsp3) is 0.357. The van der Waals surface area contributed by atoms with E-state index in [1.807, 2.05) is 24.3 Å². The van der Waals surface area contributed by atoms with Gasteiger partial charge in [-0.3, -0.25) is 4.79 Å². The summed E-state index contributed by atoms with van der Waals surface area (Å²) in [6, 6.07) is 7.50. The fourth-order valence-corrected chi connectivity index (χ4v) is 2.82.